The van der Waals surface area contributed by atoms with Crippen LogP contribution in [0.3, 0.4) is 0 Å². The van der Waals surface area contributed by atoms with E-state index in [-0.39, 0.29) is 5.92 Å². The van der Waals surface area contributed by atoms with Crippen molar-refractivity contribution in [2.24, 2.45) is 5.16 Å². The van der Waals surface area contributed by atoms with Crippen LogP contribution in [0.25, 0.3) is 0 Å². The average molecular weight is 509 g/mol. The second-order valence-corrected chi connectivity index (χ2v) is 11.2. The molecule has 1 atom stereocenters. The summed E-state index contributed by atoms with van der Waals surface area (Å²) in [6, 6.07) is 18.1. The summed E-state index contributed by atoms with van der Waals surface area (Å²) in [5.41, 5.74) is 4.24. The van der Waals surface area contributed by atoms with Crippen molar-refractivity contribution in [1.29, 1.82) is 0 Å². The van der Waals surface area contributed by atoms with Crippen LogP contribution in [0.4, 0.5) is 0 Å². The van der Waals surface area contributed by atoms with Crippen molar-refractivity contribution in [2.75, 3.05) is 26.5 Å². The Balaban J connectivity index is 1.85. The van der Waals surface area contributed by atoms with E-state index < -0.39 is 15.4 Å². The van der Waals surface area contributed by atoms with Crippen molar-refractivity contribution in [3.63, 3.8) is 0 Å². The first-order chi connectivity index (χ1) is 17.2. The monoisotopic (exact) mass is 508 g/mol. The zero-order valence-electron chi connectivity index (χ0n) is 21.0. The maximum atomic E-state index is 11.9. The van der Waals surface area contributed by atoms with Gasteiger partial charge in [-0.3, -0.25) is 0 Å². The van der Waals surface area contributed by atoms with Crippen LogP contribution in [-0.2, 0) is 15.4 Å². The summed E-state index contributed by atoms with van der Waals surface area (Å²) in [6.45, 7) is 4.87. The van der Waals surface area contributed by atoms with E-state index in [1.54, 1.807) is 24.5 Å². The van der Waals surface area contributed by atoms with Crippen LogP contribution in [0, 0.1) is 6.92 Å². The number of oxime groups is 1. The number of nitrogens with zero attached hydrogens (tertiary/aromatic N) is 4. The summed E-state index contributed by atoms with van der Waals surface area (Å²) in [5, 5.41) is 22.0. The summed E-state index contributed by atoms with van der Waals surface area (Å²) in [7, 11) is -1.62. The highest BCUT2D eigenvalue weighted by atomic mass is 32.2. The molecule has 3 aromatic rings. The van der Waals surface area contributed by atoms with Crippen LogP contribution in [0.2, 0.25) is 0 Å². The van der Waals surface area contributed by atoms with Crippen molar-refractivity contribution in [2.45, 2.75) is 38.0 Å². The molecular formula is C27H32N4O4S. The molecule has 2 heterocycles. The Morgan fingerprint density at radius 2 is 1.75 bits per heavy atom. The van der Waals surface area contributed by atoms with E-state index in [1.165, 1.54) is 6.26 Å². The Bertz CT molecular complexity index is 1350. The largest absolute Gasteiger partial charge is 0.480 e. The van der Waals surface area contributed by atoms with Crippen molar-refractivity contribution < 1.29 is 18.4 Å². The van der Waals surface area contributed by atoms with E-state index in [0.29, 0.717) is 24.7 Å². The molecule has 1 aliphatic heterocycles. The summed E-state index contributed by atoms with van der Waals surface area (Å²) in [4.78, 5) is 0. The van der Waals surface area contributed by atoms with Gasteiger partial charge in [-0.15, -0.1) is 5.10 Å². The fraction of sp³-hybridized carbons (Fsp3) is 0.370. The van der Waals surface area contributed by atoms with Gasteiger partial charge in [-0.05, 0) is 60.9 Å². The van der Waals surface area contributed by atoms with Crippen LogP contribution in [0.5, 0.6) is 5.88 Å². The zero-order chi connectivity index (χ0) is 25.9. The lowest BCUT2D eigenvalue weighted by atomic mass is 9.65. The lowest BCUT2D eigenvalue weighted by molar-refractivity contribution is 0.314. The maximum Gasteiger partial charge on any atom is 0.238 e. The third-order valence-corrected chi connectivity index (χ3v) is 8.57. The highest BCUT2D eigenvalue weighted by Gasteiger charge is 2.44. The first kappa shape index (κ1) is 25.8. The Morgan fingerprint density at radius 3 is 2.33 bits per heavy atom. The summed E-state index contributed by atoms with van der Waals surface area (Å²) in [5.74, 6) is 0.621. The normalized spacial score (nSPS) is 17.5. The average Bonchev–Trinajstić information content (AvgIpc) is 2.90. The number of sulfonamides is 1. The van der Waals surface area contributed by atoms with Gasteiger partial charge in [0.15, 0.2) is 0 Å². The number of piperidine rings is 1. The molecule has 36 heavy (non-hydrogen) atoms. The molecule has 2 aromatic carbocycles. The molecule has 0 unspecified atom stereocenters. The Kier molecular flexibility index (Phi) is 7.42. The minimum Gasteiger partial charge on any atom is -0.480 e. The van der Waals surface area contributed by atoms with E-state index in [9.17, 15) is 13.6 Å². The van der Waals surface area contributed by atoms with E-state index >= 15 is 0 Å². The van der Waals surface area contributed by atoms with E-state index in [0.717, 1.165) is 40.7 Å². The summed E-state index contributed by atoms with van der Waals surface area (Å²) >= 11 is 0. The molecule has 8 nitrogen and oxygen atoms in total. The first-order valence-corrected chi connectivity index (χ1v) is 13.7. The second-order valence-electron chi connectivity index (χ2n) is 9.26. The summed E-state index contributed by atoms with van der Waals surface area (Å²) < 4.78 is 31.0. The van der Waals surface area contributed by atoms with E-state index in [4.69, 9.17) is 4.74 Å². The molecule has 0 bridgehead atoms. The maximum absolute atomic E-state index is 11.9. The lowest BCUT2D eigenvalue weighted by Gasteiger charge is -2.37. The van der Waals surface area contributed by atoms with Crippen molar-refractivity contribution in [3.8, 4) is 5.88 Å². The topological polar surface area (TPSA) is 105 Å². The van der Waals surface area contributed by atoms with Crippen molar-refractivity contribution in [3.05, 3.63) is 88.6 Å². The highest BCUT2D eigenvalue weighted by molar-refractivity contribution is 7.88. The predicted octanol–water partition coefficient (Wildman–Crippen LogP) is 4.12. The third kappa shape index (κ3) is 4.60. The molecule has 1 N–H and O–H groups in total. The van der Waals surface area contributed by atoms with Crippen LogP contribution in [0.1, 0.15) is 53.5 Å². The highest BCUT2D eigenvalue weighted by Crippen LogP contribution is 2.45. The molecule has 9 heteroatoms. The molecule has 1 aliphatic rings. The van der Waals surface area contributed by atoms with Gasteiger partial charge in [0.2, 0.25) is 15.9 Å². The van der Waals surface area contributed by atoms with E-state index in [2.05, 4.69) is 39.6 Å². The lowest BCUT2D eigenvalue weighted by Crippen LogP contribution is -2.39. The molecule has 0 radical (unpaired) electrons. The predicted molar refractivity (Wildman–Crippen MR) is 139 cm³/mol. The van der Waals surface area contributed by atoms with Crippen LogP contribution >= 0.6 is 0 Å². The summed E-state index contributed by atoms with van der Waals surface area (Å²) in [6.07, 6.45) is 4.42. The number of rotatable bonds is 7. The van der Waals surface area contributed by atoms with Gasteiger partial charge >= 0.3 is 0 Å². The molecule has 1 fully saturated rings. The van der Waals surface area contributed by atoms with Gasteiger partial charge in [-0.1, -0.05) is 53.7 Å². The van der Waals surface area contributed by atoms with Crippen molar-refractivity contribution >= 4 is 15.7 Å². The molecule has 0 saturated carbocycles. The Labute approximate surface area is 212 Å². The smallest absolute Gasteiger partial charge is 0.238 e. The molecule has 0 spiro atoms. The number of hydrogen-bond donors (Lipinski definition) is 1. The van der Waals surface area contributed by atoms with Gasteiger partial charge in [0.25, 0.3) is 0 Å². The molecule has 4 rings (SSSR count). The second kappa shape index (κ2) is 10.4. The molecule has 190 valence electrons. The standard InChI is InChI=1S/C27H32N4O4S/c1-19-7-5-6-8-24(19)27(20(2)30-32,25-13-16-28-29-26(25)35-3)23-11-9-21(10-12-23)22-14-17-31(18-15-22)36(4,33)34/h5-13,16,22,32H,14-15,17-18H2,1-4H3/b30-20-/t27-/m0/s1. The van der Waals surface area contributed by atoms with Gasteiger partial charge in [0.1, 0.15) is 0 Å². The number of ether oxygens (including phenoxy) is 1. The number of benzene rings is 2. The third-order valence-electron chi connectivity index (χ3n) is 7.26. The number of methoxy groups -OCH3 is 1. The van der Waals surface area contributed by atoms with Gasteiger partial charge < -0.3 is 9.94 Å². The fourth-order valence-corrected chi connectivity index (χ4v) is 6.28. The van der Waals surface area contributed by atoms with Gasteiger partial charge in [0, 0.05) is 18.7 Å². The first-order valence-electron chi connectivity index (χ1n) is 11.9. The minimum absolute atomic E-state index is 0.273. The molecule has 0 aliphatic carbocycles. The van der Waals surface area contributed by atoms with Crippen LogP contribution in [-0.4, -0.2) is 60.3 Å². The quantitative estimate of drug-likeness (QED) is 0.292. The molecule has 1 saturated heterocycles. The SMILES string of the molecule is COc1nnccc1[C@@](/C(C)=N\O)(c1ccc(C2CCN(S(C)(=O)=O)CC2)cc1)c1ccccc1C. The van der Waals surface area contributed by atoms with E-state index in [1.807, 2.05) is 37.3 Å². The van der Waals surface area contributed by atoms with Crippen molar-refractivity contribution in [1.82, 2.24) is 14.5 Å². The number of aryl methyl sites for hydroxylation is 1. The van der Waals surface area contributed by atoms with Crippen LogP contribution in [0.15, 0.2) is 65.9 Å². The Hall–Kier alpha value is -3.30. The minimum atomic E-state index is -3.17. The molecule has 0 amide bonds. The fourth-order valence-electron chi connectivity index (χ4n) is 5.40. The van der Waals surface area contributed by atoms with Gasteiger partial charge in [-0.2, -0.15) is 5.10 Å². The molecular weight excluding hydrogens is 476 g/mol. The number of aromatic nitrogens is 2. The Morgan fingerprint density at radius 1 is 1.08 bits per heavy atom. The molecule has 1 aromatic heterocycles. The van der Waals surface area contributed by atoms with Gasteiger partial charge in [-0.25, -0.2) is 12.7 Å². The zero-order valence-corrected chi connectivity index (χ0v) is 21.9. The van der Waals surface area contributed by atoms with Crippen LogP contribution < -0.4 is 4.74 Å². The van der Waals surface area contributed by atoms with Gasteiger partial charge in [0.05, 0.1) is 30.7 Å². The number of hydrogen-bond acceptors (Lipinski definition) is 7.